The molecule has 0 aliphatic rings. The Morgan fingerprint density at radius 3 is 2.50 bits per heavy atom. The Morgan fingerprint density at radius 2 is 1.82 bits per heavy atom. The molecular weight excluding hydrogens is 338 g/mol. The van der Waals surface area contributed by atoms with E-state index in [0.29, 0.717) is 12.0 Å². The van der Waals surface area contributed by atoms with Crippen LogP contribution in [0.5, 0.6) is 5.75 Å². The number of rotatable bonds is 6. The summed E-state index contributed by atoms with van der Waals surface area (Å²) in [5, 5.41) is 13.4. The van der Waals surface area contributed by atoms with Crippen LogP contribution in [0, 0.1) is 12.8 Å². The lowest BCUT2D eigenvalue weighted by molar-refractivity contribution is 0.425. The Bertz CT molecular complexity index is 625. The predicted octanol–water partition coefficient (Wildman–Crippen LogP) is 5.34. The molecule has 0 fully saturated rings. The van der Waals surface area contributed by atoms with Crippen molar-refractivity contribution in [3.63, 3.8) is 0 Å². The van der Waals surface area contributed by atoms with Crippen molar-refractivity contribution in [2.75, 3.05) is 0 Å². The van der Waals surface area contributed by atoms with E-state index in [2.05, 4.69) is 66.3 Å². The summed E-state index contributed by atoms with van der Waals surface area (Å²) in [5.74, 6) is 0.903. The molecule has 0 saturated heterocycles. The van der Waals surface area contributed by atoms with E-state index in [1.165, 1.54) is 11.1 Å². The maximum absolute atomic E-state index is 9.80. The summed E-state index contributed by atoms with van der Waals surface area (Å²) in [5.41, 5.74) is 3.74. The highest BCUT2D eigenvalue weighted by atomic mass is 79.9. The van der Waals surface area contributed by atoms with Crippen LogP contribution in [-0.4, -0.2) is 5.11 Å². The summed E-state index contributed by atoms with van der Waals surface area (Å²) in [7, 11) is 0. The van der Waals surface area contributed by atoms with E-state index >= 15 is 0 Å². The first-order chi connectivity index (χ1) is 10.5. The number of nitrogens with one attached hydrogen (secondary N) is 1. The van der Waals surface area contributed by atoms with Crippen LogP contribution in [0.15, 0.2) is 46.9 Å². The fourth-order valence-electron chi connectivity index (χ4n) is 2.71. The van der Waals surface area contributed by atoms with E-state index in [1.54, 1.807) is 6.07 Å². The van der Waals surface area contributed by atoms with Crippen LogP contribution in [0.2, 0.25) is 0 Å². The molecule has 0 saturated carbocycles. The van der Waals surface area contributed by atoms with Gasteiger partial charge in [0.05, 0.1) is 4.47 Å². The second-order valence-corrected chi connectivity index (χ2v) is 6.96. The maximum Gasteiger partial charge on any atom is 0.130 e. The predicted molar refractivity (Wildman–Crippen MR) is 96.0 cm³/mol. The minimum absolute atomic E-state index is 0.288. The molecule has 0 bridgehead atoms. The molecule has 0 radical (unpaired) electrons. The summed E-state index contributed by atoms with van der Waals surface area (Å²) >= 11 is 3.46. The van der Waals surface area contributed by atoms with E-state index in [4.69, 9.17) is 0 Å². The fraction of sp³-hybridized carbons (Fsp3) is 0.368. The van der Waals surface area contributed by atoms with E-state index in [-0.39, 0.29) is 5.75 Å². The summed E-state index contributed by atoms with van der Waals surface area (Å²) in [6, 6.07) is 14.5. The van der Waals surface area contributed by atoms with Gasteiger partial charge in [-0.05, 0) is 57.9 Å². The lowest BCUT2D eigenvalue weighted by Gasteiger charge is -2.23. The molecule has 3 heteroatoms. The molecule has 2 aromatic carbocycles. The minimum atomic E-state index is 0.288. The van der Waals surface area contributed by atoms with Gasteiger partial charge >= 0.3 is 0 Å². The SMILES string of the molecule is Cc1ccccc1C(CC(C)C)NCc1cccc(O)c1Br. The number of hydrogen-bond donors (Lipinski definition) is 2. The smallest absolute Gasteiger partial charge is 0.130 e. The molecule has 0 amide bonds. The Labute approximate surface area is 141 Å². The van der Waals surface area contributed by atoms with E-state index < -0.39 is 0 Å². The van der Waals surface area contributed by atoms with Gasteiger partial charge in [0.2, 0.25) is 0 Å². The number of aryl methyl sites for hydroxylation is 1. The molecule has 0 aliphatic heterocycles. The highest BCUT2D eigenvalue weighted by Gasteiger charge is 2.15. The second kappa shape index (κ2) is 7.80. The van der Waals surface area contributed by atoms with Crippen molar-refractivity contribution in [2.45, 2.75) is 39.8 Å². The molecular formula is C19H24BrNO. The fourth-order valence-corrected chi connectivity index (χ4v) is 3.11. The van der Waals surface area contributed by atoms with Crippen molar-refractivity contribution < 1.29 is 5.11 Å². The van der Waals surface area contributed by atoms with Crippen molar-refractivity contribution in [3.05, 3.63) is 63.6 Å². The molecule has 2 aromatic rings. The van der Waals surface area contributed by atoms with Crippen LogP contribution in [-0.2, 0) is 6.54 Å². The summed E-state index contributed by atoms with van der Waals surface area (Å²) < 4.78 is 0.774. The molecule has 22 heavy (non-hydrogen) atoms. The Kier molecular flexibility index (Phi) is 6.04. The number of phenolic OH excluding ortho intramolecular Hbond substituents is 1. The third kappa shape index (κ3) is 4.34. The van der Waals surface area contributed by atoms with Gasteiger partial charge in [0.25, 0.3) is 0 Å². The van der Waals surface area contributed by atoms with Crippen molar-refractivity contribution >= 4 is 15.9 Å². The van der Waals surface area contributed by atoms with Crippen molar-refractivity contribution in [2.24, 2.45) is 5.92 Å². The number of hydrogen-bond acceptors (Lipinski definition) is 2. The molecule has 0 heterocycles. The molecule has 0 aromatic heterocycles. The molecule has 1 unspecified atom stereocenters. The third-order valence-electron chi connectivity index (χ3n) is 3.87. The third-order valence-corrected chi connectivity index (χ3v) is 4.78. The Hall–Kier alpha value is -1.32. The van der Waals surface area contributed by atoms with Gasteiger partial charge in [-0.25, -0.2) is 0 Å². The van der Waals surface area contributed by atoms with E-state index in [9.17, 15) is 5.11 Å². The standard InChI is InChI=1S/C19H24BrNO/c1-13(2)11-17(16-9-5-4-7-14(16)3)21-12-15-8-6-10-18(22)19(15)20/h4-10,13,17,21-22H,11-12H2,1-3H3. The minimum Gasteiger partial charge on any atom is -0.507 e. The number of phenols is 1. The van der Waals surface area contributed by atoms with Gasteiger partial charge in [0.15, 0.2) is 0 Å². The van der Waals surface area contributed by atoms with Gasteiger partial charge in [0.1, 0.15) is 5.75 Å². The van der Waals surface area contributed by atoms with Crippen molar-refractivity contribution in [1.29, 1.82) is 0 Å². The highest BCUT2D eigenvalue weighted by Crippen LogP contribution is 2.29. The van der Waals surface area contributed by atoms with Gasteiger partial charge in [-0.15, -0.1) is 0 Å². The lowest BCUT2D eigenvalue weighted by Crippen LogP contribution is -2.23. The first kappa shape index (κ1) is 17.0. The monoisotopic (exact) mass is 361 g/mol. The van der Waals surface area contributed by atoms with Gasteiger partial charge in [-0.3, -0.25) is 0 Å². The zero-order valence-electron chi connectivity index (χ0n) is 13.4. The van der Waals surface area contributed by atoms with Crippen LogP contribution >= 0.6 is 15.9 Å². The molecule has 2 nitrogen and oxygen atoms in total. The molecule has 118 valence electrons. The van der Waals surface area contributed by atoms with Crippen molar-refractivity contribution in [1.82, 2.24) is 5.32 Å². The van der Waals surface area contributed by atoms with Gasteiger partial charge in [-0.2, -0.15) is 0 Å². The summed E-state index contributed by atoms with van der Waals surface area (Å²) in [4.78, 5) is 0. The van der Waals surface area contributed by atoms with E-state index in [0.717, 1.165) is 23.0 Å². The Morgan fingerprint density at radius 1 is 1.09 bits per heavy atom. The van der Waals surface area contributed by atoms with Crippen LogP contribution in [0.25, 0.3) is 0 Å². The zero-order chi connectivity index (χ0) is 16.1. The van der Waals surface area contributed by atoms with Crippen LogP contribution in [0.3, 0.4) is 0 Å². The molecule has 0 aliphatic carbocycles. The first-order valence-corrected chi connectivity index (χ1v) is 8.53. The molecule has 1 atom stereocenters. The number of benzene rings is 2. The first-order valence-electron chi connectivity index (χ1n) is 7.74. The average Bonchev–Trinajstić information content (AvgIpc) is 2.47. The zero-order valence-corrected chi connectivity index (χ0v) is 15.0. The summed E-state index contributed by atoms with van der Waals surface area (Å²) in [6.07, 6.45) is 1.08. The van der Waals surface area contributed by atoms with Crippen LogP contribution < -0.4 is 5.32 Å². The average molecular weight is 362 g/mol. The van der Waals surface area contributed by atoms with Gasteiger partial charge < -0.3 is 10.4 Å². The van der Waals surface area contributed by atoms with Crippen LogP contribution in [0.4, 0.5) is 0 Å². The molecule has 0 spiro atoms. The second-order valence-electron chi connectivity index (χ2n) is 6.17. The topological polar surface area (TPSA) is 32.3 Å². The normalized spacial score (nSPS) is 12.6. The van der Waals surface area contributed by atoms with Crippen molar-refractivity contribution in [3.8, 4) is 5.75 Å². The van der Waals surface area contributed by atoms with Crippen LogP contribution in [0.1, 0.15) is 43.0 Å². The maximum atomic E-state index is 9.80. The number of halogens is 1. The van der Waals surface area contributed by atoms with Gasteiger partial charge in [0, 0.05) is 12.6 Å². The lowest BCUT2D eigenvalue weighted by atomic mass is 9.93. The Balaban J connectivity index is 2.17. The number of aromatic hydroxyl groups is 1. The molecule has 2 rings (SSSR count). The summed E-state index contributed by atoms with van der Waals surface area (Å²) in [6.45, 7) is 7.38. The van der Waals surface area contributed by atoms with Gasteiger partial charge in [-0.1, -0.05) is 50.2 Å². The quantitative estimate of drug-likeness (QED) is 0.727. The van der Waals surface area contributed by atoms with E-state index in [1.807, 2.05) is 12.1 Å². The molecule has 2 N–H and O–H groups in total. The largest absolute Gasteiger partial charge is 0.507 e. The highest BCUT2D eigenvalue weighted by molar-refractivity contribution is 9.10.